The molecule has 0 radical (unpaired) electrons. The summed E-state index contributed by atoms with van der Waals surface area (Å²) in [4.78, 5) is 0. The zero-order valence-corrected chi connectivity index (χ0v) is 17.9. The quantitative estimate of drug-likeness (QED) is 0.443. The molecule has 2 saturated heterocycles. The number of hydrogen-bond acceptors (Lipinski definition) is 6. The third-order valence-electron chi connectivity index (χ3n) is 4.66. The molecule has 2 aliphatic heterocycles. The van der Waals surface area contributed by atoms with Crippen LogP contribution in [-0.4, -0.2) is 54.6 Å². The predicted molar refractivity (Wildman–Crippen MR) is 105 cm³/mol. The summed E-state index contributed by atoms with van der Waals surface area (Å²) < 4.78 is 36.5. The summed E-state index contributed by atoms with van der Waals surface area (Å²) in [5.74, 6) is 0.130. The molecule has 1 aromatic rings. The van der Waals surface area contributed by atoms with Gasteiger partial charge in [-0.05, 0) is 38.5 Å². The van der Waals surface area contributed by atoms with Gasteiger partial charge >= 0.3 is 0 Å². The lowest BCUT2D eigenvalue weighted by Crippen LogP contribution is -2.53. The molecule has 7 heteroatoms. The van der Waals surface area contributed by atoms with Crippen LogP contribution in [0.4, 0.5) is 0 Å². The first-order valence-corrected chi connectivity index (χ1v) is 10.4. The second-order valence-electron chi connectivity index (χ2n) is 6.94. The van der Waals surface area contributed by atoms with Crippen LogP contribution >= 0.6 is 22.6 Å². The van der Waals surface area contributed by atoms with Gasteiger partial charge in [-0.2, -0.15) is 0 Å². The minimum Gasteiger partial charge on any atom is -0.497 e. The number of halogens is 1. The summed E-state index contributed by atoms with van der Waals surface area (Å²) in [7, 11) is 1.66. The summed E-state index contributed by atoms with van der Waals surface area (Å²) in [6.07, 6.45) is -0.905. The fraction of sp³-hybridized carbons (Fsp3) is 0.684. The Kier molecular flexibility index (Phi) is 6.46. The minimum absolute atomic E-state index is 0.122. The molecule has 6 nitrogen and oxygen atoms in total. The summed E-state index contributed by atoms with van der Waals surface area (Å²) in [5, 5.41) is 0. The van der Waals surface area contributed by atoms with Crippen LogP contribution in [0.3, 0.4) is 0 Å². The van der Waals surface area contributed by atoms with E-state index in [1.165, 1.54) is 0 Å². The highest BCUT2D eigenvalue weighted by molar-refractivity contribution is 14.1. The lowest BCUT2D eigenvalue weighted by molar-refractivity contribution is -0.240. The van der Waals surface area contributed by atoms with Crippen LogP contribution in [-0.2, 0) is 30.3 Å². The SMILES string of the molecule is CCO[C@@H]1O[C@H](CI)[C@@H](OCc2ccc(OC)cc2)[C@@]12COC(C)(C)O2. The van der Waals surface area contributed by atoms with Crippen molar-refractivity contribution in [2.45, 2.75) is 57.3 Å². The summed E-state index contributed by atoms with van der Waals surface area (Å²) in [5.41, 5.74) is 0.299. The molecule has 0 amide bonds. The zero-order chi connectivity index (χ0) is 18.8. The maximum absolute atomic E-state index is 6.32. The largest absolute Gasteiger partial charge is 0.497 e. The molecule has 2 heterocycles. The van der Waals surface area contributed by atoms with Crippen molar-refractivity contribution in [2.24, 2.45) is 0 Å². The standard InChI is InChI=1S/C19H27IO6/c1-5-22-17-19(12-24-18(2,3)26-19)16(15(10-20)25-17)23-11-13-6-8-14(21-4)9-7-13/h6-9,15-17H,5,10-12H2,1-4H3/t15-,16-,17-,19+/m1/s1. The molecule has 1 spiro atoms. The van der Waals surface area contributed by atoms with Crippen LogP contribution in [0.25, 0.3) is 0 Å². The van der Waals surface area contributed by atoms with Crippen molar-refractivity contribution in [3.05, 3.63) is 29.8 Å². The second kappa shape index (κ2) is 8.28. The monoisotopic (exact) mass is 478 g/mol. The van der Waals surface area contributed by atoms with E-state index < -0.39 is 17.7 Å². The van der Waals surface area contributed by atoms with Gasteiger partial charge in [0.1, 0.15) is 11.9 Å². The summed E-state index contributed by atoms with van der Waals surface area (Å²) >= 11 is 2.31. The van der Waals surface area contributed by atoms with Gasteiger partial charge < -0.3 is 28.4 Å². The van der Waals surface area contributed by atoms with Crippen molar-refractivity contribution in [1.82, 2.24) is 0 Å². The predicted octanol–water partition coefficient (Wildman–Crippen LogP) is 3.30. The van der Waals surface area contributed by atoms with Gasteiger partial charge in [0.15, 0.2) is 17.7 Å². The molecule has 146 valence electrons. The highest BCUT2D eigenvalue weighted by Gasteiger charge is 2.64. The Bertz CT molecular complexity index is 592. The Balaban J connectivity index is 1.78. The molecule has 0 saturated carbocycles. The number of methoxy groups -OCH3 is 1. The lowest BCUT2D eigenvalue weighted by Gasteiger charge is -2.33. The van der Waals surface area contributed by atoms with E-state index in [1.54, 1.807) is 7.11 Å². The highest BCUT2D eigenvalue weighted by atomic mass is 127. The molecule has 4 atom stereocenters. The molecule has 0 bridgehead atoms. The van der Waals surface area contributed by atoms with Crippen LogP contribution in [0, 0.1) is 0 Å². The number of rotatable bonds is 7. The van der Waals surface area contributed by atoms with E-state index in [0.717, 1.165) is 15.7 Å². The Morgan fingerprint density at radius 2 is 1.92 bits per heavy atom. The van der Waals surface area contributed by atoms with E-state index in [0.29, 0.717) is 19.8 Å². The topological polar surface area (TPSA) is 55.4 Å². The second-order valence-corrected chi connectivity index (χ2v) is 7.82. The molecule has 1 aromatic carbocycles. The van der Waals surface area contributed by atoms with Crippen molar-refractivity contribution < 1.29 is 28.4 Å². The van der Waals surface area contributed by atoms with Crippen molar-refractivity contribution in [3.8, 4) is 5.75 Å². The van der Waals surface area contributed by atoms with Crippen LogP contribution in [0.15, 0.2) is 24.3 Å². The molecular weight excluding hydrogens is 451 g/mol. The molecular formula is C19H27IO6. The van der Waals surface area contributed by atoms with Gasteiger partial charge in [0.05, 0.1) is 26.4 Å². The molecule has 0 aliphatic carbocycles. The van der Waals surface area contributed by atoms with Gasteiger partial charge in [-0.25, -0.2) is 0 Å². The van der Waals surface area contributed by atoms with Crippen molar-refractivity contribution in [1.29, 1.82) is 0 Å². The molecule has 0 N–H and O–H groups in total. The van der Waals surface area contributed by atoms with E-state index in [1.807, 2.05) is 45.0 Å². The summed E-state index contributed by atoms with van der Waals surface area (Å²) in [6, 6.07) is 7.85. The Morgan fingerprint density at radius 1 is 1.19 bits per heavy atom. The normalized spacial score (nSPS) is 33.0. The first-order chi connectivity index (χ1) is 12.4. The first kappa shape index (κ1) is 20.3. The van der Waals surface area contributed by atoms with Gasteiger partial charge in [-0.15, -0.1) is 0 Å². The molecule has 3 rings (SSSR count). The van der Waals surface area contributed by atoms with Gasteiger partial charge in [0, 0.05) is 11.0 Å². The lowest BCUT2D eigenvalue weighted by atomic mass is 9.96. The first-order valence-electron chi connectivity index (χ1n) is 8.86. The molecule has 2 fully saturated rings. The fourth-order valence-corrected chi connectivity index (χ4v) is 4.13. The summed E-state index contributed by atoms with van der Waals surface area (Å²) in [6.45, 7) is 7.13. The van der Waals surface area contributed by atoms with E-state index in [9.17, 15) is 0 Å². The molecule has 26 heavy (non-hydrogen) atoms. The Hall–Kier alpha value is -0.450. The zero-order valence-electron chi connectivity index (χ0n) is 15.7. The van der Waals surface area contributed by atoms with Crippen LogP contribution in [0.1, 0.15) is 26.3 Å². The number of alkyl halides is 1. The van der Waals surface area contributed by atoms with E-state index in [2.05, 4.69) is 22.6 Å². The van der Waals surface area contributed by atoms with E-state index in [4.69, 9.17) is 28.4 Å². The fourth-order valence-electron chi connectivity index (χ4n) is 3.46. The minimum atomic E-state index is -0.762. The Labute approximate surface area is 168 Å². The van der Waals surface area contributed by atoms with Crippen LogP contribution in [0.5, 0.6) is 5.75 Å². The van der Waals surface area contributed by atoms with Gasteiger partial charge in [0.25, 0.3) is 0 Å². The third kappa shape index (κ3) is 4.02. The maximum Gasteiger partial charge on any atom is 0.192 e. The van der Waals surface area contributed by atoms with Crippen molar-refractivity contribution in [2.75, 3.05) is 24.8 Å². The van der Waals surface area contributed by atoms with Gasteiger partial charge in [-0.1, -0.05) is 34.7 Å². The maximum atomic E-state index is 6.32. The number of ether oxygens (including phenoxy) is 6. The third-order valence-corrected chi connectivity index (χ3v) is 5.52. The van der Waals surface area contributed by atoms with Gasteiger partial charge in [0.2, 0.25) is 0 Å². The number of benzene rings is 1. The molecule has 0 unspecified atom stereocenters. The molecule has 0 aromatic heterocycles. The van der Waals surface area contributed by atoms with Crippen LogP contribution in [0.2, 0.25) is 0 Å². The van der Waals surface area contributed by atoms with E-state index >= 15 is 0 Å². The van der Waals surface area contributed by atoms with E-state index in [-0.39, 0.29) is 12.2 Å². The molecule has 2 aliphatic rings. The Morgan fingerprint density at radius 3 is 2.46 bits per heavy atom. The smallest absolute Gasteiger partial charge is 0.192 e. The highest BCUT2D eigenvalue weighted by Crippen LogP contribution is 2.45. The van der Waals surface area contributed by atoms with Crippen LogP contribution < -0.4 is 4.74 Å². The van der Waals surface area contributed by atoms with Gasteiger partial charge in [-0.3, -0.25) is 0 Å². The number of hydrogen-bond donors (Lipinski definition) is 0. The van der Waals surface area contributed by atoms with Crippen molar-refractivity contribution >= 4 is 22.6 Å². The average molecular weight is 478 g/mol. The van der Waals surface area contributed by atoms with Crippen molar-refractivity contribution in [3.63, 3.8) is 0 Å². The average Bonchev–Trinajstić information content (AvgIpc) is 3.11.